The van der Waals surface area contributed by atoms with Crippen LogP contribution >= 0.6 is 11.5 Å². The van der Waals surface area contributed by atoms with Crippen molar-refractivity contribution in [1.82, 2.24) is 19.9 Å². The maximum atomic E-state index is 13.6. The predicted molar refractivity (Wildman–Crippen MR) is 120 cm³/mol. The molecule has 1 aliphatic carbocycles. The number of carbonyl (C=O) groups is 2. The first-order valence-corrected chi connectivity index (χ1v) is 11.4. The zero-order valence-corrected chi connectivity index (χ0v) is 18.2. The van der Waals surface area contributed by atoms with E-state index in [1.165, 1.54) is 4.90 Å². The fourth-order valence-electron chi connectivity index (χ4n) is 4.00. The average molecular weight is 436 g/mol. The molecular formula is C23H25N5O2S. The van der Waals surface area contributed by atoms with E-state index in [9.17, 15) is 9.59 Å². The van der Waals surface area contributed by atoms with E-state index >= 15 is 0 Å². The molecule has 0 spiro atoms. The molecule has 0 aliphatic heterocycles. The molecule has 0 unspecified atom stereocenters. The van der Waals surface area contributed by atoms with Crippen LogP contribution in [0.25, 0.3) is 0 Å². The third-order valence-electron chi connectivity index (χ3n) is 5.60. The van der Waals surface area contributed by atoms with Crippen LogP contribution < -0.4 is 10.2 Å². The van der Waals surface area contributed by atoms with Crippen molar-refractivity contribution in [2.24, 2.45) is 0 Å². The number of nitrogens with zero attached hydrogens (tertiary/aromatic N) is 4. The Hall–Kier alpha value is -3.13. The van der Waals surface area contributed by atoms with Crippen LogP contribution in [0.4, 0.5) is 5.69 Å². The van der Waals surface area contributed by atoms with Crippen molar-refractivity contribution in [3.8, 4) is 0 Å². The van der Waals surface area contributed by atoms with E-state index in [2.05, 4.69) is 26.8 Å². The van der Waals surface area contributed by atoms with Gasteiger partial charge < -0.3 is 5.32 Å². The predicted octanol–water partition coefficient (Wildman–Crippen LogP) is 3.94. The van der Waals surface area contributed by atoms with E-state index in [1.54, 1.807) is 23.8 Å². The lowest BCUT2D eigenvalue weighted by Gasteiger charge is -2.32. The minimum Gasteiger partial charge on any atom is -0.351 e. The Labute approximate surface area is 185 Å². The standard InChI is InChI=1S/C23H25N5O2S/c1-2-16-7-5-11-19(13-16)28(23(30)20-15-31-27-26-20)21(17-8-6-12-24-14-17)22(29)25-18-9-3-4-10-18/h5-8,11-15,18,21H,2-4,9-10H2,1H3,(H,25,29)/t21-/m1/s1. The first kappa shape index (κ1) is 21.1. The summed E-state index contributed by atoms with van der Waals surface area (Å²) < 4.78 is 3.84. The van der Waals surface area contributed by atoms with Crippen molar-refractivity contribution in [1.29, 1.82) is 0 Å². The topological polar surface area (TPSA) is 88.1 Å². The minimum absolute atomic E-state index is 0.131. The number of hydrogen-bond acceptors (Lipinski definition) is 6. The summed E-state index contributed by atoms with van der Waals surface area (Å²) in [7, 11) is 0. The van der Waals surface area contributed by atoms with Crippen molar-refractivity contribution < 1.29 is 9.59 Å². The summed E-state index contributed by atoms with van der Waals surface area (Å²) in [6, 6.07) is 10.6. The van der Waals surface area contributed by atoms with Crippen LogP contribution in [0.1, 0.15) is 60.3 Å². The van der Waals surface area contributed by atoms with Gasteiger partial charge in [0.25, 0.3) is 5.91 Å². The van der Waals surface area contributed by atoms with Gasteiger partial charge in [-0.25, -0.2) is 0 Å². The molecule has 8 heteroatoms. The fraction of sp³-hybridized carbons (Fsp3) is 0.348. The molecule has 1 N–H and O–H groups in total. The average Bonchev–Trinajstić information content (AvgIpc) is 3.52. The first-order valence-electron chi connectivity index (χ1n) is 10.6. The largest absolute Gasteiger partial charge is 0.351 e. The number of anilines is 1. The third kappa shape index (κ3) is 4.80. The van der Waals surface area contributed by atoms with Crippen LogP contribution in [0.5, 0.6) is 0 Å². The van der Waals surface area contributed by atoms with Gasteiger partial charge in [0.15, 0.2) is 5.69 Å². The molecule has 2 amide bonds. The van der Waals surface area contributed by atoms with Crippen molar-refractivity contribution in [2.75, 3.05) is 4.90 Å². The number of hydrogen-bond donors (Lipinski definition) is 1. The lowest BCUT2D eigenvalue weighted by Crippen LogP contribution is -2.46. The van der Waals surface area contributed by atoms with E-state index in [4.69, 9.17) is 0 Å². The molecule has 3 aromatic rings. The number of nitrogens with one attached hydrogen (secondary N) is 1. The molecule has 1 aliphatic rings. The lowest BCUT2D eigenvalue weighted by atomic mass is 10.0. The number of carbonyl (C=O) groups excluding carboxylic acids is 2. The van der Waals surface area contributed by atoms with Crippen LogP contribution in [0, 0.1) is 0 Å². The molecule has 1 saturated carbocycles. The van der Waals surface area contributed by atoms with Crippen molar-refractivity contribution in [2.45, 2.75) is 51.1 Å². The SMILES string of the molecule is CCc1cccc(N(C(=O)c2csnn2)[C@@H](C(=O)NC2CCCC2)c2cccnc2)c1. The molecule has 160 valence electrons. The Bertz CT molecular complexity index is 1020. The van der Waals surface area contributed by atoms with Gasteiger partial charge in [-0.15, -0.1) is 5.10 Å². The third-order valence-corrected chi connectivity index (χ3v) is 6.11. The number of aromatic nitrogens is 3. The Morgan fingerprint density at radius 1 is 1.23 bits per heavy atom. The summed E-state index contributed by atoms with van der Waals surface area (Å²) in [4.78, 5) is 32.9. The molecule has 2 heterocycles. The van der Waals surface area contributed by atoms with Gasteiger partial charge in [0, 0.05) is 35.1 Å². The lowest BCUT2D eigenvalue weighted by molar-refractivity contribution is -0.123. The van der Waals surface area contributed by atoms with Crippen molar-refractivity contribution >= 4 is 29.0 Å². The quantitative estimate of drug-likeness (QED) is 0.607. The maximum absolute atomic E-state index is 13.6. The second-order valence-electron chi connectivity index (χ2n) is 7.67. The zero-order chi connectivity index (χ0) is 21.6. The van der Waals surface area contributed by atoms with E-state index in [0.29, 0.717) is 11.3 Å². The molecule has 2 aromatic heterocycles. The van der Waals surface area contributed by atoms with Gasteiger partial charge in [-0.2, -0.15) is 0 Å². The fourth-order valence-corrected chi connectivity index (χ4v) is 4.43. The monoisotopic (exact) mass is 435 g/mol. The highest BCUT2D eigenvalue weighted by molar-refractivity contribution is 7.03. The summed E-state index contributed by atoms with van der Waals surface area (Å²) in [6.45, 7) is 2.06. The van der Waals surface area contributed by atoms with Gasteiger partial charge in [0.1, 0.15) is 6.04 Å². The van der Waals surface area contributed by atoms with Crippen LogP contribution in [0.3, 0.4) is 0 Å². The molecule has 1 atom stereocenters. The highest BCUT2D eigenvalue weighted by atomic mass is 32.1. The zero-order valence-electron chi connectivity index (χ0n) is 17.4. The van der Waals surface area contributed by atoms with Gasteiger partial charge >= 0.3 is 0 Å². The summed E-state index contributed by atoms with van der Waals surface area (Å²) in [5.41, 5.74) is 2.59. The second kappa shape index (κ2) is 9.78. The summed E-state index contributed by atoms with van der Waals surface area (Å²) >= 11 is 1.11. The van der Waals surface area contributed by atoms with Gasteiger partial charge in [0.05, 0.1) is 0 Å². The van der Waals surface area contributed by atoms with Crippen molar-refractivity contribution in [3.63, 3.8) is 0 Å². The molecule has 0 bridgehead atoms. The maximum Gasteiger partial charge on any atom is 0.280 e. The molecule has 7 nitrogen and oxygen atoms in total. The van der Waals surface area contributed by atoms with E-state index in [1.807, 2.05) is 30.3 Å². The van der Waals surface area contributed by atoms with Gasteiger partial charge in [0.2, 0.25) is 5.91 Å². The van der Waals surface area contributed by atoms with Gasteiger partial charge in [-0.1, -0.05) is 42.5 Å². The molecule has 31 heavy (non-hydrogen) atoms. The van der Waals surface area contributed by atoms with Crippen LogP contribution in [-0.4, -0.2) is 32.4 Å². The summed E-state index contributed by atoms with van der Waals surface area (Å²) in [6.07, 6.45) is 8.25. The van der Waals surface area contributed by atoms with Crippen LogP contribution in [-0.2, 0) is 11.2 Å². The van der Waals surface area contributed by atoms with Crippen LogP contribution in [0.2, 0.25) is 0 Å². The van der Waals surface area contributed by atoms with Crippen molar-refractivity contribution in [3.05, 3.63) is 71.0 Å². The smallest absolute Gasteiger partial charge is 0.280 e. The Balaban J connectivity index is 1.80. The highest BCUT2D eigenvalue weighted by Gasteiger charge is 2.35. The molecule has 4 rings (SSSR count). The Kier molecular flexibility index (Phi) is 6.66. The number of amides is 2. The molecule has 0 saturated heterocycles. The number of aryl methyl sites for hydroxylation is 1. The number of benzene rings is 1. The molecule has 1 aromatic carbocycles. The van der Waals surface area contributed by atoms with E-state index in [-0.39, 0.29) is 23.6 Å². The highest BCUT2D eigenvalue weighted by Crippen LogP contribution is 2.31. The van der Waals surface area contributed by atoms with Gasteiger partial charge in [-0.05, 0) is 54.6 Å². The normalized spacial score (nSPS) is 14.9. The van der Waals surface area contributed by atoms with Gasteiger partial charge in [-0.3, -0.25) is 19.5 Å². The summed E-state index contributed by atoms with van der Waals surface area (Å²) in [5.74, 6) is -0.573. The summed E-state index contributed by atoms with van der Waals surface area (Å²) in [5, 5.41) is 8.74. The molecule has 1 fully saturated rings. The molecular weight excluding hydrogens is 410 g/mol. The number of pyridine rings is 1. The minimum atomic E-state index is -0.865. The molecule has 0 radical (unpaired) electrons. The van der Waals surface area contributed by atoms with E-state index in [0.717, 1.165) is 49.2 Å². The number of rotatable bonds is 7. The first-order chi connectivity index (χ1) is 15.2. The second-order valence-corrected chi connectivity index (χ2v) is 8.28. The Morgan fingerprint density at radius 3 is 2.74 bits per heavy atom. The Morgan fingerprint density at radius 2 is 2.06 bits per heavy atom. The van der Waals surface area contributed by atoms with Crippen LogP contribution in [0.15, 0.2) is 54.2 Å². The van der Waals surface area contributed by atoms with E-state index < -0.39 is 6.04 Å².